The van der Waals surface area contributed by atoms with Crippen molar-refractivity contribution in [3.8, 4) is 11.1 Å². The first kappa shape index (κ1) is 29.5. The molecular formula is C36H34F5NO. The van der Waals surface area contributed by atoms with Crippen molar-refractivity contribution in [2.45, 2.75) is 75.7 Å². The van der Waals surface area contributed by atoms with E-state index < -0.39 is 29.8 Å². The third-order valence-electron chi connectivity index (χ3n) is 9.10. The second-order valence-electron chi connectivity index (χ2n) is 12.0. The highest BCUT2D eigenvalue weighted by molar-refractivity contribution is 5.75. The zero-order valence-electron chi connectivity index (χ0n) is 23.8. The molecular weight excluding hydrogens is 557 g/mol. The van der Waals surface area contributed by atoms with Gasteiger partial charge in [0.1, 0.15) is 5.82 Å². The van der Waals surface area contributed by atoms with E-state index in [0.717, 1.165) is 56.4 Å². The zero-order chi connectivity index (χ0) is 30.1. The predicted octanol–water partition coefficient (Wildman–Crippen LogP) is 9.85. The Hall–Kier alpha value is -3.58. The lowest BCUT2D eigenvalue weighted by atomic mass is 9.76. The molecule has 1 fully saturated rings. The molecule has 1 N–H and O–H groups in total. The first-order valence-electron chi connectivity index (χ1n) is 15.0. The number of hydrogen-bond acceptors (Lipinski definition) is 2. The van der Waals surface area contributed by atoms with E-state index in [1.165, 1.54) is 29.8 Å². The fraction of sp³-hybridized carbons (Fsp3) is 0.361. The Kier molecular flexibility index (Phi) is 8.36. The second kappa shape index (κ2) is 12.2. The quantitative estimate of drug-likeness (QED) is 0.217. The van der Waals surface area contributed by atoms with Gasteiger partial charge >= 0.3 is 6.18 Å². The van der Waals surface area contributed by atoms with E-state index in [9.17, 15) is 22.7 Å². The molecule has 2 nitrogen and oxygen atoms in total. The molecule has 3 atom stereocenters. The van der Waals surface area contributed by atoms with Gasteiger partial charge in [-0.1, -0.05) is 67.4 Å². The van der Waals surface area contributed by atoms with Crippen molar-refractivity contribution in [2.75, 3.05) is 0 Å². The Balaban J connectivity index is 1.48. The van der Waals surface area contributed by atoms with Crippen LogP contribution in [0.5, 0.6) is 0 Å². The first-order valence-corrected chi connectivity index (χ1v) is 15.0. The molecule has 0 radical (unpaired) electrons. The second-order valence-corrected chi connectivity index (χ2v) is 12.0. The molecule has 0 bridgehead atoms. The van der Waals surface area contributed by atoms with Crippen LogP contribution in [0, 0.1) is 11.7 Å². The molecule has 1 aromatic heterocycles. The molecule has 224 valence electrons. The summed E-state index contributed by atoms with van der Waals surface area (Å²) in [5.74, 6) is -0.269. The van der Waals surface area contributed by atoms with Gasteiger partial charge in [0.15, 0.2) is 6.17 Å². The van der Waals surface area contributed by atoms with E-state index >= 15 is 4.39 Å². The van der Waals surface area contributed by atoms with Crippen LogP contribution in [0.2, 0.25) is 0 Å². The normalized spacial score (nSPS) is 19.8. The van der Waals surface area contributed by atoms with Gasteiger partial charge in [-0.25, -0.2) is 8.78 Å². The molecule has 0 aliphatic heterocycles. The molecule has 6 rings (SSSR count). The van der Waals surface area contributed by atoms with E-state index in [-0.39, 0.29) is 23.0 Å². The number of aliphatic hydroxyl groups excluding tert-OH is 1. The summed E-state index contributed by atoms with van der Waals surface area (Å²) in [6, 6.07) is 20.1. The molecule has 0 spiro atoms. The summed E-state index contributed by atoms with van der Waals surface area (Å²) in [5, 5.41) is 11.6. The van der Waals surface area contributed by atoms with Crippen LogP contribution >= 0.6 is 0 Å². The van der Waals surface area contributed by atoms with Crippen molar-refractivity contribution in [3.63, 3.8) is 0 Å². The topological polar surface area (TPSA) is 33.1 Å². The Morgan fingerprint density at radius 3 is 2.21 bits per heavy atom. The van der Waals surface area contributed by atoms with Crippen LogP contribution in [0.15, 0.2) is 78.9 Å². The van der Waals surface area contributed by atoms with Crippen molar-refractivity contribution in [1.29, 1.82) is 0 Å². The minimum atomic E-state index is -4.53. The van der Waals surface area contributed by atoms with Gasteiger partial charge in [-0.15, -0.1) is 0 Å². The van der Waals surface area contributed by atoms with Crippen LogP contribution in [0.3, 0.4) is 0 Å². The summed E-state index contributed by atoms with van der Waals surface area (Å²) in [7, 11) is 0. The fourth-order valence-corrected chi connectivity index (χ4v) is 6.93. The number of hydrogen-bond donors (Lipinski definition) is 1. The van der Waals surface area contributed by atoms with Gasteiger partial charge in [-0.3, -0.25) is 4.98 Å². The molecule has 3 unspecified atom stereocenters. The number of aryl methyl sites for hydroxylation is 1. The smallest absolute Gasteiger partial charge is 0.388 e. The number of nitrogens with zero attached hydrogens (tertiary/aromatic N) is 1. The Morgan fingerprint density at radius 1 is 0.884 bits per heavy atom. The molecule has 2 aliphatic rings. The highest BCUT2D eigenvalue weighted by atomic mass is 19.4. The largest absolute Gasteiger partial charge is 0.416 e. The standard InChI is InChI=1S/C36H34F5NO/c37-28-18-14-24(15-19-28)31-32-29(20-23(21-30(32)43)11-10-22-6-2-1-3-7-22)42-35(26-8-4-5-9-26)33(31)34(38)25-12-16-27(17-13-25)36(39,40)41/h1-3,6-7,12-19,23,26,30,34,43H,4-5,8-11,20-21H2. The van der Waals surface area contributed by atoms with E-state index in [1.54, 1.807) is 12.1 Å². The van der Waals surface area contributed by atoms with Crippen LogP contribution in [0.4, 0.5) is 22.0 Å². The van der Waals surface area contributed by atoms with Gasteiger partial charge in [0.05, 0.1) is 17.4 Å². The maximum Gasteiger partial charge on any atom is 0.416 e. The van der Waals surface area contributed by atoms with Crippen molar-refractivity contribution < 1.29 is 27.1 Å². The van der Waals surface area contributed by atoms with E-state index in [0.29, 0.717) is 35.2 Å². The van der Waals surface area contributed by atoms with E-state index in [1.807, 2.05) is 18.2 Å². The van der Waals surface area contributed by atoms with Crippen molar-refractivity contribution in [2.24, 2.45) is 5.92 Å². The van der Waals surface area contributed by atoms with Crippen molar-refractivity contribution in [1.82, 2.24) is 4.98 Å². The number of benzene rings is 3. The third-order valence-corrected chi connectivity index (χ3v) is 9.10. The maximum absolute atomic E-state index is 16.8. The minimum absolute atomic E-state index is 0.00552. The molecule has 3 aromatic carbocycles. The zero-order valence-corrected chi connectivity index (χ0v) is 23.8. The first-order chi connectivity index (χ1) is 20.7. The monoisotopic (exact) mass is 591 g/mol. The average Bonchev–Trinajstić information content (AvgIpc) is 3.55. The van der Waals surface area contributed by atoms with Gasteiger partial charge in [-0.2, -0.15) is 13.2 Å². The molecule has 43 heavy (non-hydrogen) atoms. The van der Waals surface area contributed by atoms with Gasteiger partial charge in [0, 0.05) is 22.7 Å². The third kappa shape index (κ3) is 6.23. The number of alkyl halides is 4. The summed E-state index contributed by atoms with van der Waals surface area (Å²) in [6.45, 7) is 0. The highest BCUT2D eigenvalue weighted by Gasteiger charge is 2.37. The molecule has 7 heteroatoms. The average molecular weight is 592 g/mol. The van der Waals surface area contributed by atoms with Crippen molar-refractivity contribution >= 4 is 0 Å². The lowest BCUT2D eigenvalue weighted by Gasteiger charge is -2.34. The van der Waals surface area contributed by atoms with Crippen LogP contribution in [-0.4, -0.2) is 10.1 Å². The molecule has 2 aliphatic carbocycles. The number of rotatable bonds is 7. The molecule has 1 saturated carbocycles. The summed E-state index contributed by atoms with van der Waals surface area (Å²) in [6.07, 6.45) is -0.747. The van der Waals surface area contributed by atoms with Gasteiger partial charge < -0.3 is 5.11 Å². The number of pyridine rings is 1. The van der Waals surface area contributed by atoms with Crippen LogP contribution in [0.25, 0.3) is 11.1 Å². The summed E-state index contributed by atoms with van der Waals surface area (Å²) >= 11 is 0. The molecule has 4 aromatic rings. The summed E-state index contributed by atoms with van der Waals surface area (Å²) < 4.78 is 70.7. The van der Waals surface area contributed by atoms with Gasteiger partial charge in [0.25, 0.3) is 0 Å². The Labute approximate surface area is 248 Å². The Morgan fingerprint density at radius 2 is 1.56 bits per heavy atom. The summed E-state index contributed by atoms with van der Waals surface area (Å²) in [4.78, 5) is 5.10. The van der Waals surface area contributed by atoms with Crippen LogP contribution in [-0.2, 0) is 19.0 Å². The number of aromatic nitrogens is 1. The summed E-state index contributed by atoms with van der Waals surface area (Å²) in [5.41, 5.74) is 3.69. The molecule has 0 amide bonds. The number of fused-ring (bicyclic) bond motifs is 1. The maximum atomic E-state index is 16.8. The van der Waals surface area contributed by atoms with E-state index in [4.69, 9.17) is 4.98 Å². The number of halogens is 5. The lowest BCUT2D eigenvalue weighted by Crippen LogP contribution is -2.24. The molecule has 0 saturated heterocycles. The number of aliphatic hydroxyl groups is 1. The van der Waals surface area contributed by atoms with Gasteiger partial charge in [0.2, 0.25) is 0 Å². The van der Waals surface area contributed by atoms with Gasteiger partial charge in [-0.05, 0) is 91.0 Å². The Bertz CT molecular complexity index is 1540. The SMILES string of the molecule is OC1CC(CCc2ccccc2)Cc2nc(C3CCCC3)c(C(F)c3ccc(C(F)(F)F)cc3)c(-c3ccc(F)cc3)c21. The molecule has 1 heterocycles. The van der Waals surface area contributed by atoms with Crippen LogP contribution in [0.1, 0.15) is 95.9 Å². The highest BCUT2D eigenvalue weighted by Crippen LogP contribution is 2.49. The minimum Gasteiger partial charge on any atom is -0.388 e. The van der Waals surface area contributed by atoms with Crippen LogP contribution < -0.4 is 0 Å². The predicted molar refractivity (Wildman–Crippen MR) is 157 cm³/mol. The van der Waals surface area contributed by atoms with E-state index in [2.05, 4.69) is 12.1 Å². The van der Waals surface area contributed by atoms with Crippen molar-refractivity contribution in [3.05, 3.63) is 124 Å². The fourth-order valence-electron chi connectivity index (χ4n) is 6.93. The lowest BCUT2D eigenvalue weighted by molar-refractivity contribution is -0.137.